The molecule has 2 amide bonds. The summed E-state index contributed by atoms with van der Waals surface area (Å²) >= 11 is 0. The second-order valence-electron chi connectivity index (χ2n) is 10.5. The summed E-state index contributed by atoms with van der Waals surface area (Å²) in [6.45, 7) is 2.90. The number of hydrogen-bond acceptors (Lipinski definition) is 3. The Kier molecular flexibility index (Phi) is 16.8. The molecule has 40 heavy (non-hydrogen) atoms. The zero-order valence-electron chi connectivity index (χ0n) is 24.3. The number of rotatable bonds is 21. The zero-order valence-corrected chi connectivity index (χ0v) is 24.3. The fourth-order valence-electron chi connectivity index (χ4n) is 4.65. The van der Waals surface area contributed by atoms with Crippen molar-refractivity contribution in [2.45, 2.75) is 103 Å². The predicted molar refractivity (Wildman–Crippen MR) is 165 cm³/mol. The molecule has 0 aromatic heterocycles. The fourth-order valence-corrected chi connectivity index (χ4v) is 4.65. The van der Waals surface area contributed by atoms with Gasteiger partial charge < -0.3 is 15.7 Å². The minimum atomic E-state index is -1.01. The van der Waals surface area contributed by atoms with E-state index >= 15 is 0 Å². The van der Waals surface area contributed by atoms with Gasteiger partial charge in [0.1, 0.15) is 0 Å². The van der Waals surface area contributed by atoms with Gasteiger partial charge in [-0.1, -0.05) is 126 Å². The zero-order chi connectivity index (χ0) is 28.8. The van der Waals surface area contributed by atoms with Crippen LogP contribution in [-0.2, 0) is 14.4 Å². The molecule has 0 aliphatic carbocycles. The lowest BCUT2D eigenvalue weighted by Gasteiger charge is -2.11. The molecule has 6 heteroatoms. The predicted octanol–water partition coefficient (Wildman–Crippen LogP) is 8.24. The molecule has 0 spiro atoms. The summed E-state index contributed by atoms with van der Waals surface area (Å²) in [4.78, 5) is 35.9. The third-order valence-electron chi connectivity index (χ3n) is 6.94. The molecule has 218 valence electrons. The van der Waals surface area contributed by atoms with Crippen molar-refractivity contribution in [1.29, 1.82) is 0 Å². The van der Waals surface area contributed by atoms with E-state index in [1.807, 2.05) is 42.5 Å². The highest BCUT2D eigenvalue weighted by Crippen LogP contribution is 2.21. The number of benzene rings is 2. The molecule has 6 nitrogen and oxygen atoms in total. The Morgan fingerprint density at radius 2 is 1.32 bits per heavy atom. The van der Waals surface area contributed by atoms with Crippen LogP contribution in [0.2, 0.25) is 0 Å². The first-order chi connectivity index (χ1) is 19.5. The average molecular weight is 549 g/mol. The monoisotopic (exact) mass is 548 g/mol. The van der Waals surface area contributed by atoms with Crippen molar-refractivity contribution in [1.82, 2.24) is 5.32 Å². The number of hydrogen-bond donors (Lipinski definition) is 3. The van der Waals surface area contributed by atoms with Crippen molar-refractivity contribution in [2.24, 2.45) is 0 Å². The molecule has 0 fully saturated rings. The maximum absolute atomic E-state index is 13.2. The third kappa shape index (κ3) is 14.7. The molecule has 0 unspecified atom stereocenters. The van der Waals surface area contributed by atoms with Crippen LogP contribution in [0, 0.1) is 0 Å². The molecule has 0 atom stereocenters. The Morgan fingerprint density at radius 3 is 1.93 bits per heavy atom. The van der Waals surface area contributed by atoms with Gasteiger partial charge in [0.2, 0.25) is 5.91 Å². The highest BCUT2D eigenvalue weighted by molar-refractivity contribution is 6.24. The molecular formula is C34H48N2O4. The Morgan fingerprint density at radius 1 is 0.725 bits per heavy atom. The minimum Gasteiger partial charge on any atom is -0.481 e. The number of aliphatic carboxylic acids is 1. The molecule has 0 aliphatic heterocycles. The van der Waals surface area contributed by atoms with Gasteiger partial charge in [-0.05, 0) is 35.8 Å². The summed E-state index contributed by atoms with van der Waals surface area (Å²) in [5.41, 5.74) is 2.71. The first-order valence-electron chi connectivity index (χ1n) is 15.2. The highest BCUT2D eigenvalue weighted by Gasteiger charge is 2.12. The normalized spacial score (nSPS) is 11.3. The van der Waals surface area contributed by atoms with Gasteiger partial charge in [-0.3, -0.25) is 14.4 Å². The maximum atomic E-state index is 13.2. The number of unbranched alkanes of at least 4 members (excludes halogenated alkanes) is 12. The molecule has 0 bridgehead atoms. The van der Waals surface area contributed by atoms with Gasteiger partial charge in [0.15, 0.2) is 0 Å². The Hall–Kier alpha value is -3.41. The first-order valence-corrected chi connectivity index (χ1v) is 15.2. The number of amides is 2. The van der Waals surface area contributed by atoms with Crippen molar-refractivity contribution in [3.8, 4) is 0 Å². The summed E-state index contributed by atoms with van der Waals surface area (Å²) in [6.07, 6.45) is 18.3. The fraction of sp³-hybridized carbons (Fsp3) is 0.500. The molecular weight excluding hydrogens is 500 g/mol. The number of carboxylic acid groups (broad SMARTS) is 1. The number of carbonyl (C=O) groups excluding carboxylic acids is 2. The van der Waals surface area contributed by atoms with E-state index in [-0.39, 0.29) is 24.7 Å². The Bertz CT molecular complexity index is 1050. The van der Waals surface area contributed by atoms with Crippen LogP contribution in [0.5, 0.6) is 0 Å². The van der Waals surface area contributed by atoms with E-state index in [2.05, 4.69) is 17.6 Å². The molecule has 3 N–H and O–H groups in total. The second-order valence-corrected chi connectivity index (χ2v) is 10.5. The summed E-state index contributed by atoms with van der Waals surface area (Å²) < 4.78 is 0. The number of nitrogens with one attached hydrogen (secondary N) is 2. The van der Waals surface area contributed by atoms with Crippen LogP contribution < -0.4 is 10.6 Å². The molecule has 2 aromatic rings. The van der Waals surface area contributed by atoms with Crippen molar-refractivity contribution < 1.29 is 19.5 Å². The van der Waals surface area contributed by atoms with Gasteiger partial charge in [0.05, 0.1) is 6.42 Å². The summed E-state index contributed by atoms with van der Waals surface area (Å²) in [7, 11) is 0. The minimum absolute atomic E-state index is 0.0910. The summed E-state index contributed by atoms with van der Waals surface area (Å²) in [5.74, 6) is -1.49. The van der Waals surface area contributed by atoms with Crippen LogP contribution in [0.25, 0.3) is 11.6 Å². The van der Waals surface area contributed by atoms with E-state index in [1.54, 1.807) is 18.2 Å². The average Bonchev–Trinajstić information content (AvgIpc) is 2.95. The lowest BCUT2D eigenvalue weighted by atomic mass is 10.0. The largest absolute Gasteiger partial charge is 0.481 e. The van der Waals surface area contributed by atoms with Crippen LogP contribution in [0.4, 0.5) is 5.69 Å². The van der Waals surface area contributed by atoms with Crippen LogP contribution in [0.15, 0.2) is 54.6 Å². The SMILES string of the molecule is CCCCCCCCCCCCCCCNC(=O)C(=Cc1cccc(NC(=O)CCC(=O)O)c1)c1ccccc1. The van der Waals surface area contributed by atoms with E-state index in [9.17, 15) is 14.4 Å². The van der Waals surface area contributed by atoms with Crippen LogP contribution >= 0.6 is 0 Å². The van der Waals surface area contributed by atoms with Crippen LogP contribution in [0.1, 0.15) is 114 Å². The standard InChI is InChI=1S/C34H48N2O4/c1-2-3-4-5-6-7-8-9-10-11-12-13-17-25-35-34(40)31(29-20-15-14-16-21-29)27-28-19-18-22-30(26-28)36-32(37)23-24-33(38)39/h14-16,18-22,26-27H,2-13,17,23-25H2,1H3,(H,35,40)(H,36,37)(H,38,39). The number of carboxylic acids is 1. The van der Waals surface area contributed by atoms with Crippen molar-refractivity contribution in [3.63, 3.8) is 0 Å². The lowest BCUT2D eigenvalue weighted by Crippen LogP contribution is -2.25. The highest BCUT2D eigenvalue weighted by atomic mass is 16.4. The summed E-state index contributed by atoms with van der Waals surface area (Å²) in [5, 5.41) is 14.6. The topological polar surface area (TPSA) is 95.5 Å². The van der Waals surface area contributed by atoms with Gasteiger partial charge in [0, 0.05) is 24.2 Å². The second kappa shape index (κ2) is 20.5. The van der Waals surface area contributed by atoms with Gasteiger partial charge in [-0.2, -0.15) is 0 Å². The van der Waals surface area contributed by atoms with Crippen LogP contribution in [-0.4, -0.2) is 29.4 Å². The Balaban J connectivity index is 1.79. The van der Waals surface area contributed by atoms with Gasteiger partial charge in [-0.15, -0.1) is 0 Å². The molecule has 0 aliphatic rings. The number of carbonyl (C=O) groups is 3. The van der Waals surface area contributed by atoms with Crippen LogP contribution in [0.3, 0.4) is 0 Å². The van der Waals surface area contributed by atoms with Gasteiger partial charge in [-0.25, -0.2) is 0 Å². The molecule has 0 saturated carbocycles. The first kappa shape index (κ1) is 32.8. The van der Waals surface area contributed by atoms with E-state index in [0.29, 0.717) is 17.8 Å². The number of anilines is 1. The van der Waals surface area contributed by atoms with Crippen molar-refractivity contribution in [3.05, 3.63) is 65.7 Å². The maximum Gasteiger partial charge on any atom is 0.303 e. The molecule has 0 heterocycles. The van der Waals surface area contributed by atoms with E-state index in [4.69, 9.17) is 5.11 Å². The molecule has 0 radical (unpaired) electrons. The smallest absolute Gasteiger partial charge is 0.303 e. The summed E-state index contributed by atoms with van der Waals surface area (Å²) in [6, 6.07) is 16.7. The molecule has 0 saturated heterocycles. The lowest BCUT2D eigenvalue weighted by molar-refractivity contribution is -0.138. The van der Waals surface area contributed by atoms with Gasteiger partial charge in [0.25, 0.3) is 5.91 Å². The van der Waals surface area contributed by atoms with Crippen molar-refractivity contribution in [2.75, 3.05) is 11.9 Å². The Labute approximate surface area is 240 Å². The van der Waals surface area contributed by atoms with Crippen molar-refractivity contribution >= 4 is 35.1 Å². The quantitative estimate of drug-likeness (QED) is 0.0831. The third-order valence-corrected chi connectivity index (χ3v) is 6.94. The van der Waals surface area contributed by atoms with E-state index in [1.165, 1.54) is 70.6 Å². The molecule has 2 rings (SSSR count). The van der Waals surface area contributed by atoms with E-state index < -0.39 is 5.97 Å². The molecule has 2 aromatic carbocycles. The van der Waals surface area contributed by atoms with Gasteiger partial charge >= 0.3 is 5.97 Å². The van der Waals surface area contributed by atoms with E-state index in [0.717, 1.165) is 24.0 Å².